The van der Waals surface area contributed by atoms with E-state index >= 15 is 0 Å². The minimum atomic E-state index is -0.901. The van der Waals surface area contributed by atoms with Gasteiger partial charge in [0.1, 0.15) is 11.6 Å². The quantitative estimate of drug-likeness (QED) is 0.809. The number of benzene rings is 1. The fourth-order valence-corrected chi connectivity index (χ4v) is 1.77. The summed E-state index contributed by atoms with van der Waals surface area (Å²) in [6.45, 7) is 1.84. The monoisotopic (exact) mass is 289 g/mol. The molecule has 1 atom stereocenters. The molecule has 5 nitrogen and oxygen atoms in total. The van der Waals surface area contributed by atoms with Crippen LogP contribution in [0.4, 0.5) is 15.0 Å². The first-order chi connectivity index (χ1) is 10.0. The van der Waals surface area contributed by atoms with Crippen molar-refractivity contribution in [1.29, 1.82) is 0 Å². The lowest BCUT2D eigenvalue weighted by Crippen LogP contribution is -2.32. The average molecular weight is 289 g/mol. The predicted molar refractivity (Wildman–Crippen MR) is 77.4 cm³/mol. The lowest BCUT2D eigenvalue weighted by Gasteiger charge is -2.12. The SMILES string of the molecule is Cc1cccc(NC(=O)NC[C@@H](O)c2ccc(F)cc2)n1. The second kappa shape index (κ2) is 6.81. The van der Waals surface area contributed by atoms with Crippen molar-refractivity contribution >= 4 is 11.8 Å². The van der Waals surface area contributed by atoms with E-state index < -0.39 is 12.1 Å². The van der Waals surface area contributed by atoms with Crippen LogP contribution in [0.3, 0.4) is 0 Å². The van der Waals surface area contributed by atoms with Crippen LogP contribution in [0, 0.1) is 12.7 Å². The zero-order chi connectivity index (χ0) is 15.2. The van der Waals surface area contributed by atoms with E-state index in [1.807, 2.05) is 13.0 Å². The van der Waals surface area contributed by atoms with Gasteiger partial charge in [0, 0.05) is 12.2 Å². The number of aryl methyl sites for hydroxylation is 1. The van der Waals surface area contributed by atoms with Gasteiger partial charge in [0.05, 0.1) is 6.10 Å². The zero-order valence-electron chi connectivity index (χ0n) is 11.5. The highest BCUT2D eigenvalue weighted by Crippen LogP contribution is 2.12. The summed E-state index contributed by atoms with van der Waals surface area (Å²) in [5, 5.41) is 15.0. The number of pyridine rings is 1. The first-order valence-corrected chi connectivity index (χ1v) is 6.46. The van der Waals surface area contributed by atoms with Gasteiger partial charge >= 0.3 is 6.03 Å². The number of carbonyl (C=O) groups is 1. The third-order valence-corrected chi connectivity index (χ3v) is 2.84. The number of nitrogens with one attached hydrogen (secondary N) is 2. The van der Waals surface area contributed by atoms with Gasteiger partial charge in [-0.3, -0.25) is 5.32 Å². The van der Waals surface area contributed by atoms with E-state index in [9.17, 15) is 14.3 Å². The summed E-state index contributed by atoms with van der Waals surface area (Å²) in [7, 11) is 0. The molecule has 1 aromatic carbocycles. The van der Waals surface area contributed by atoms with Crippen molar-refractivity contribution in [1.82, 2.24) is 10.3 Å². The summed E-state index contributed by atoms with van der Waals surface area (Å²) in [4.78, 5) is 15.8. The summed E-state index contributed by atoms with van der Waals surface area (Å²) in [5.41, 5.74) is 1.32. The molecule has 0 radical (unpaired) electrons. The van der Waals surface area contributed by atoms with Crippen molar-refractivity contribution < 1.29 is 14.3 Å². The summed E-state index contributed by atoms with van der Waals surface area (Å²) < 4.78 is 12.8. The Morgan fingerprint density at radius 1 is 1.29 bits per heavy atom. The summed E-state index contributed by atoms with van der Waals surface area (Å²) >= 11 is 0. The Bertz CT molecular complexity index is 617. The maximum atomic E-state index is 12.8. The zero-order valence-corrected chi connectivity index (χ0v) is 11.5. The molecule has 2 aromatic rings. The molecule has 0 unspecified atom stereocenters. The van der Waals surface area contributed by atoms with Crippen LogP contribution in [0.15, 0.2) is 42.5 Å². The summed E-state index contributed by atoms with van der Waals surface area (Å²) in [6.07, 6.45) is -0.901. The molecular formula is C15H16FN3O2. The maximum absolute atomic E-state index is 12.8. The van der Waals surface area contributed by atoms with Gasteiger partial charge in [-0.15, -0.1) is 0 Å². The summed E-state index contributed by atoms with van der Waals surface area (Å²) in [5.74, 6) is 0.0611. The van der Waals surface area contributed by atoms with Crippen LogP contribution < -0.4 is 10.6 Å². The molecule has 0 aliphatic carbocycles. The van der Waals surface area contributed by atoms with E-state index in [4.69, 9.17) is 0 Å². The molecule has 2 amide bonds. The molecule has 0 saturated carbocycles. The highest BCUT2D eigenvalue weighted by Gasteiger charge is 2.10. The lowest BCUT2D eigenvalue weighted by molar-refractivity contribution is 0.175. The number of urea groups is 1. The van der Waals surface area contributed by atoms with E-state index in [-0.39, 0.29) is 12.4 Å². The van der Waals surface area contributed by atoms with Gasteiger partial charge in [0.15, 0.2) is 0 Å². The van der Waals surface area contributed by atoms with Crippen molar-refractivity contribution in [3.8, 4) is 0 Å². The van der Waals surface area contributed by atoms with Gasteiger partial charge in [-0.2, -0.15) is 0 Å². The minimum absolute atomic E-state index is 0.0171. The topological polar surface area (TPSA) is 74.2 Å². The van der Waals surface area contributed by atoms with Gasteiger partial charge in [-0.25, -0.2) is 14.2 Å². The second-order valence-corrected chi connectivity index (χ2v) is 4.57. The highest BCUT2D eigenvalue weighted by atomic mass is 19.1. The number of nitrogens with zero attached hydrogens (tertiary/aromatic N) is 1. The van der Waals surface area contributed by atoms with Gasteiger partial charge in [0.2, 0.25) is 0 Å². The Kier molecular flexibility index (Phi) is 4.84. The molecule has 1 aromatic heterocycles. The molecule has 0 aliphatic heterocycles. The molecule has 1 heterocycles. The molecule has 0 fully saturated rings. The number of aliphatic hydroxyl groups is 1. The van der Waals surface area contributed by atoms with Crippen LogP contribution in [0.5, 0.6) is 0 Å². The van der Waals surface area contributed by atoms with Crippen LogP contribution in [0.25, 0.3) is 0 Å². The smallest absolute Gasteiger partial charge is 0.320 e. The number of aromatic nitrogens is 1. The minimum Gasteiger partial charge on any atom is -0.387 e. The van der Waals surface area contributed by atoms with Crippen LogP contribution in [0.1, 0.15) is 17.4 Å². The van der Waals surface area contributed by atoms with Gasteiger partial charge in [-0.1, -0.05) is 18.2 Å². The largest absolute Gasteiger partial charge is 0.387 e. The number of hydrogen-bond acceptors (Lipinski definition) is 3. The number of aliphatic hydroxyl groups excluding tert-OH is 1. The molecule has 6 heteroatoms. The van der Waals surface area contributed by atoms with Gasteiger partial charge in [-0.05, 0) is 36.8 Å². The first kappa shape index (κ1) is 14.9. The maximum Gasteiger partial charge on any atom is 0.320 e. The van der Waals surface area contributed by atoms with E-state index in [0.717, 1.165) is 5.69 Å². The molecule has 2 rings (SSSR count). The molecule has 0 spiro atoms. The van der Waals surface area contributed by atoms with Crippen molar-refractivity contribution in [2.45, 2.75) is 13.0 Å². The van der Waals surface area contributed by atoms with Crippen LogP contribution in [0.2, 0.25) is 0 Å². The molecular weight excluding hydrogens is 273 g/mol. The first-order valence-electron chi connectivity index (χ1n) is 6.46. The lowest BCUT2D eigenvalue weighted by atomic mass is 10.1. The average Bonchev–Trinajstić information content (AvgIpc) is 2.45. The Morgan fingerprint density at radius 2 is 2.00 bits per heavy atom. The number of anilines is 1. The molecule has 0 saturated heterocycles. The Hall–Kier alpha value is -2.47. The Morgan fingerprint density at radius 3 is 2.67 bits per heavy atom. The molecule has 0 bridgehead atoms. The Balaban J connectivity index is 1.84. The van der Waals surface area contributed by atoms with Crippen LogP contribution in [-0.2, 0) is 0 Å². The number of amides is 2. The van der Waals surface area contributed by atoms with Crippen molar-refractivity contribution in [2.75, 3.05) is 11.9 Å². The molecule has 0 aliphatic rings. The fourth-order valence-electron chi connectivity index (χ4n) is 1.77. The van der Waals surface area contributed by atoms with E-state index in [1.54, 1.807) is 12.1 Å². The van der Waals surface area contributed by atoms with Crippen molar-refractivity contribution in [3.05, 3.63) is 59.5 Å². The summed E-state index contributed by atoms with van der Waals surface area (Å²) in [6, 6.07) is 10.3. The standard InChI is InChI=1S/C15H16FN3O2/c1-10-3-2-4-14(18-10)19-15(21)17-9-13(20)11-5-7-12(16)8-6-11/h2-8,13,20H,9H2,1H3,(H2,17,18,19,21)/t13-/m1/s1. The molecule has 3 N–H and O–H groups in total. The van der Waals surface area contributed by atoms with Gasteiger partial charge < -0.3 is 10.4 Å². The second-order valence-electron chi connectivity index (χ2n) is 4.57. The highest BCUT2D eigenvalue weighted by molar-refractivity contribution is 5.88. The van der Waals surface area contributed by atoms with Crippen molar-refractivity contribution in [3.63, 3.8) is 0 Å². The van der Waals surface area contributed by atoms with Crippen LogP contribution >= 0.6 is 0 Å². The third kappa shape index (κ3) is 4.54. The van der Waals surface area contributed by atoms with E-state index in [0.29, 0.717) is 11.4 Å². The molecule has 110 valence electrons. The number of rotatable bonds is 4. The fraction of sp³-hybridized carbons (Fsp3) is 0.200. The number of carbonyl (C=O) groups excluding carboxylic acids is 1. The van der Waals surface area contributed by atoms with Crippen LogP contribution in [-0.4, -0.2) is 22.7 Å². The third-order valence-electron chi connectivity index (χ3n) is 2.84. The number of halogens is 1. The van der Waals surface area contributed by atoms with E-state index in [1.165, 1.54) is 24.3 Å². The Labute approximate surface area is 121 Å². The van der Waals surface area contributed by atoms with E-state index in [2.05, 4.69) is 15.6 Å². The van der Waals surface area contributed by atoms with Crippen molar-refractivity contribution in [2.24, 2.45) is 0 Å². The normalized spacial score (nSPS) is 11.8. The predicted octanol–water partition coefficient (Wildman–Crippen LogP) is 2.38. The van der Waals surface area contributed by atoms with Gasteiger partial charge in [0.25, 0.3) is 0 Å². The number of hydrogen-bond donors (Lipinski definition) is 3. The molecule has 21 heavy (non-hydrogen) atoms.